The van der Waals surface area contributed by atoms with Crippen LogP contribution in [0.2, 0.25) is 0 Å². The quantitative estimate of drug-likeness (QED) is 0.624. The van der Waals surface area contributed by atoms with E-state index in [4.69, 9.17) is 10.5 Å². The van der Waals surface area contributed by atoms with Crippen molar-refractivity contribution in [2.24, 2.45) is 0 Å². The molecular weight excluding hydrogens is 438 g/mol. The van der Waals surface area contributed by atoms with E-state index in [2.05, 4.69) is 4.98 Å². The van der Waals surface area contributed by atoms with Crippen molar-refractivity contribution < 1.29 is 26.3 Å². The lowest BCUT2D eigenvalue weighted by atomic mass is 9.94. The van der Waals surface area contributed by atoms with E-state index in [-0.39, 0.29) is 17.5 Å². The van der Waals surface area contributed by atoms with Gasteiger partial charge in [0, 0.05) is 22.2 Å². The van der Waals surface area contributed by atoms with Crippen molar-refractivity contribution in [3.8, 4) is 30.3 Å². The maximum absolute atomic E-state index is 13.4. The summed E-state index contributed by atoms with van der Waals surface area (Å²) in [4.78, 5) is 2.76. The zero-order chi connectivity index (χ0) is 24.3. The van der Waals surface area contributed by atoms with Crippen LogP contribution in [-0.2, 0) is 12.4 Å². The highest BCUT2D eigenvalue weighted by Crippen LogP contribution is 2.37. The molecule has 0 aliphatic heterocycles. The Morgan fingerprint density at radius 3 is 1.69 bits per heavy atom. The second-order valence-electron chi connectivity index (χ2n) is 5.86. The van der Waals surface area contributed by atoms with Gasteiger partial charge in [-0.05, 0) is 18.2 Å². The van der Waals surface area contributed by atoms with Crippen LogP contribution >= 0.6 is 0 Å². The van der Waals surface area contributed by atoms with Gasteiger partial charge >= 0.3 is 12.4 Å². The lowest BCUT2D eigenvalue weighted by Gasteiger charge is -2.15. The molecule has 0 radical (unpaired) electrons. The molecule has 0 amide bonds. The Hall–Kier alpha value is -4.86. The number of nitriles is 5. The summed E-state index contributed by atoms with van der Waals surface area (Å²) in [5.41, 5.74) is -7.17. The first-order valence-corrected chi connectivity index (χ1v) is 8.00. The van der Waals surface area contributed by atoms with Crippen LogP contribution < -0.4 is 10.4 Å². The molecule has 0 unspecified atom stereocenters. The average Bonchev–Trinajstić information content (AvgIpc) is 2.73. The first-order valence-electron chi connectivity index (χ1n) is 8.00. The zero-order valence-corrected chi connectivity index (χ0v) is 15.3. The number of benzene rings is 1. The lowest BCUT2D eigenvalue weighted by molar-refractivity contribution is -0.144. The van der Waals surface area contributed by atoms with E-state index in [1.54, 1.807) is 12.1 Å². The van der Waals surface area contributed by atoms with Crippen molar-refractivity contribution in [2.45, 2.75) is 12.4 Å². The van der Waals surface area contributed by atoms with Crippen molar-refractivity contribution in [1.82, 2.24) is 4.98 Å². The molecule has 0 spiro atoms. The van der Waals surface area contributed by atoms with Crippen LogP contribution in [0.5, 0.6) is 0 Å². The maximum Gasteiger partial charge on any atom is 0.433 e. The van der Waals surface area contributed by atoms with Crippen LogP contribution in [0, 0.1) is 56.7 Å². The van der Waals surface area contributed by atoms with Crippen molar-refractivity contribution >= 4 is 11.1 Å². The van der Waals surface area contributed by atoms with Crippen LogP contribution in [0.25, 0.3) is 11.1 Å². The summed E-state index contributed by atoms with van der Waals surface area (Å²) in [7, 11) is 0. The summed E-state index contributed by atoms with van der Waals surface area (Å²) in [6.07, 6.45) is -10.4. The summed E-state index contributed by atoms with van der Waals surface area (Å²) >= 11 is 0. The summed E-state index contributed by atoms with van der Waals surface area (Å²) in [5, 5.41) is 45.3. The average molecular weight is 442 g/mol. The Kier molecular flexibility index (Phi) is 6.21. The smallest absolute Gasteiger partial charge is 0.251 e. The third-order valence-electron chi connectivity index (χ3n) is 4.04. The minimum absolute atomic E-state index is 0.0185. The van der Waals surface area contributed by atoms with Gasteiger partial charge in [-0.3, -0.25) is 4.98 Å². The lowest BCUT2D eigenvalue weighted by Crippen LogP contribution is -2.23. The third kappa shape index (κ3) is 4.33. The number of pyridine rings is 1. The Labute approximate surface area is 175 Å². The van der Waals surface area contributed by atoms with Crippen LogP contribution in [-0.4, -0.2) is 4.98 Å². The van der Waals surface area contributed by atoms with Gasteiger partial charge in [-0.2, -0.15) is 52.7 Å². The van der Waals surface area contributed by atoms with E-state index >= 15 is 0 Å². The van der Waals surface area contributed by atoms with Crippen LogP contribution in [0.1, 0.15) is 27.9 Å². The summed E-state index contributed by atoms with van der Waals surface area (Å²) in [6, 6.07) is 9.04. The van der Waals surface area contributed by atoms with Gasteiger partial charge in [-0.1, -0.05) is 0 Å². The number of alkyl halides is 6. The monoisotopic (exact) mass is 442 g/mol. The number of hydrogen-bond donors (Lipinski definition) is 0. The largest absolute Gasteiger partial charge is 0.433 e. The number of hydrogen-bond acceptors (Lipinski definition) is 6. The molecule has 12 heteroatoms. The van der Waals surface area contributed by atoms with Gasteiger partial charge in [0.05, 0.1) is 34.4 Å². The molecule has 0 N–H and O–H groups in total. The Bertz CT molecular complexity index is 1430. The van der Waals surface area contributed by atoms with E-state index in [0.29, 0.717) is 0 Å². The maximum atomic E-state index is 13.4. The summed E-state index contributed by atoms with van der Waals surface area (Å²) in [6.45, 7) is 0. The molecule has 0 saturated heterocycles. The van der Waals surface area contributed by atoms with Gasteiger partial charge in [-0.15, -0.1) is 0 Å². The SMILES string of the molecule is N#CC(C#N)=c1cc(C#N)/c(=C(/C#N)c2cc(C(F)(F)F)ncc2C(F)(F)F)cc1C#N. The molecule has 0 aliphatic carbocycles. The van der Waals surface area contributed by atoms with E-state index in [9.17, 15) is 42.1 Å². The van der Waals surface area contributed by atoms with Crippen LogP contribution in [0.4, 0.5) is 26.3 Å². The molecule has 0 aliphatic rings. The molecule has 156 valence electrons. The topological polar surface area (TPSA) is 132 Å². The van der Waals surface area contributed by atoms with Gasteiger partial charge in [-0.25, -0.2) is 0 Å². The predicted octanol–water partition coefficient (Wildman–Crippen LogP) is 2.78. The van der Waals surface area contributed by atoms with E-state index in [0.717, 1.165) is 12.1 Å². The first kappa shape index (κ1) is 23.4. The fourth-order valence-electron chi connectivity index (χ4n) is 2.65. The zero-order valence-electron chi connectivity index (χ0n) is 15.3. The molecule has 1 aromatic heterocycles. The van der Waals surface area contributed by atoms with Gasteiger partial charge < -0.3 is 0 Å². The molecule has 0 bridgehead atoms. The summed E-state index contributed by atoms with van der Waals surface area (Å²) < 4.78 is 79.5. The molecule has 6 nitrogen and oxygen atoms in total. The molecular formula is C20H4F6N6. The fraction of sp³-hybridized carbons (Fsp3) is 0.100. The number of nitrogens with zero attached hydrogens (tertiary/aromatic N) is 6. The molecule has 1 aromatic carbocycles. The normalized spacial score (nSPS) is 11.8. The third-order valence-corrected chi connectivity index (χ3v) is 4.04. The van der Waals surface area contributed by atoms with E-state index < -0.39 is 56.7 Å². The Morgan fingerprint density at radius 2 is 1.25 bits per heavy atom. The fourth-order valence-corrected chi connectivity index (χ4v) is 2.65. The molecule has 0 fully saturated rings. The molecule has 0 saturated carbocycles. The highest BCUT2D eigenvalue weighted by Gasteiger charge is 2.39. The standard InChI is InChI=1S/C20H4F6N6/c21-19(22,23)17-9-32-18(20(24,25)26)3-15(17)16(8-31)14-2-10(4-27)13(1-11(14)5-28)12(6-29)7-30/h1-3,9H/b16-14-. The number of rotatable bonds is 1. The van der Waals surface area contributed by atoms with Gasteiger partial charge in [0.2, 0.25) is 0 Å². The van der Waals surface area contributed by atoms with Gasteiger partial charge in [0.15, 0.2) is 0 Å². The molecule has 1 heterocycles. The number of aromatic nitrogens is 1. The van der Waals surface area contributed by atoms with Crippen LogP contribution in [0.15, 0.2) is 24.4 Å². The number of halogens is 6. The van der Waals surface area contributed by atoms with Gasteiger partial charge in [0.1, 0.15) is 29.5 Å². The van der Waals surface area contributed by atoms with Crippen molar-refractivity contribution in [2.75, 3.05) is 0 Å². The Morgan fingerprint density at radius 1 is 0.719 bits per heavy atom. The van der Waals surface area contributed by atoms with Crippen molar-refractivity contribution in [3.63, 3.8) is 0 Å². The van der Waals surface area contributed by atoms with Crippen molar-refractivity contribution in [3.05, 3.63) is 62.8 Å². The highest BCUT2D eigenvalue weighted by atomic mass is 19.4. The molecule has 2 rings (SSSR count). The second kappa shape index (κ2) is 8.48. The molecule has 2 aromatic rings. The first-order chi connectivity index (χ1) is 14.9. The highest BCUT2D eigenvalue weighted by molar-refractivity contribution is 5.81. The van der Waals surface area contributed by atoms with E-state index in [1.807, 2.05) is 0 Å². The van der Waals surface area contributed by atoms with Crippen molar-refractivity contribution in [1.29, 1.82) is 26.3 Å². The minimum Gasteiger partial charge on any atom is -0.251 e. The predicted molar refractivity (Wildman–Crippen MR) is 92.1 cm³/mol. The summed E-state index contributed by atoms with van der Waals surface area (Å²) in [5.74, 6) is 0. The molecule has 0 atom stereocenters. The van der Waals surface area contributed by atoms with Gasteiger partial charge in [0.25, 0.3) is 0 Å². The van der Waals surface area contributed by atoms with Crippen LogP contribution in [0.3, 0.4) is 0 Å². The second-order valence-corrected chi connectivity index (χ2v) is 5.86. The minimum atomic E-state index is -5.21. The Balaban J connectivity index is 3.21. The van der Waals surface area contributed by atoms with E-state index in [1.165, 1.54) is 18.2 Å². The molecule has 32 heavy (non-hydrogen) atoms.